The minimum atomic E-state index is -0.690. The van der Waals surface area contributed by atoms with Crippen molar-refractivity contribution in [3.8, 4) is 5.75 Å². The standard InChI is InChI=1S/C15H12BrNO4/c1-20-14(18)12-8-7-10(16)9-13(12)17-15(19)21-11-5-3-2-4-6-11/h2-9H,1H3,(H,17,19). The summed E-state index contributed by atoms with van der Waals surface area (Å²) in [5.41, 5.74) is 0.544. The number of hydrogen-bond acceptors (Lipinski definition) is 4. The van der Waals surface area contributed by atoms with Crippen LogP contribution < -0.4 is 10.1 Å². The zero-order chi connectivity index (χ0) is 15.2. The fraction of sp³-hybridized carbons (Fsp3) is 0.0667. The largest absolute Gasteiger partial charge is 0.465 e. The SMILES string of the molecule is COC(=O)c1ccc(Br)cc1NC(=O)Oc1ccccc1. The fourth-order valence-corrected chi connectivity index (χ4v) is 2.00. The molecule has 0 bridgehead atoms. The summed E-state index contributed by atoms with van der Waals surface area (Å²) in [5.74, 6) is -0.137. The van der Waals surface area contributed by atoms with Gasteiger partial charge in [0.15, 0.2) is 0 Å². The lowest BCUT2D eigenvalue weighted by molar-refractivity contribution is 0.0602. The first-order valence-electron chi connectivity index (χ1n) is 6.02. The Morgan fingerprint density at radius 3 is 2.48 bits per heavy atom. The number of methoxy groups -OCH3 is 1. The molecule has 0 aliphatic rings. The van der Waals surface area contributed by atoms with Gasteiger partial charge in [0.1, 0.15) is 5.75 Å². The second-order valence-corrected chi connectivity index (χ2v) is 4.92. The number of carbonyl (C=O) groups is 2. The molecule has 2 aromatic carbocycles. The van der Waals surface area contributed by atoms with Crippen LogP contribution in [-0.2, 0) is 4.74 Å². The minimum Gasteiger partial charge on any atom is -0.465 e. The molecule has 0 aliphatic carbocycles. The second-order valence-electron chi connectivity index (χ2n) is 4.01. The van der Waals surface area contributed by atoms with Gasteiger partial charge in [-0.05, 0) is 30.3 Å². The number of para-hydroxylation sites is 1. The minimum absolute atomic E-state index is 0.241. The molecule has 0 fully saturated rings. The third-order valence-corrected chi connectivity index (χ3v) is 3.07. The van der Waals surface area contributed by atoms with E-state index in [0.29, 0.717) is 15.9 Å². The van der Waals surface area contributed by atoms with E-state index >= 15 is 0 Å². The van der Waals surface area contributed by atoms with Gasteiger partial charge in [0.05, 0.1) is 18.4 Å². The highest BCUT2D eigenvalue weighted by atomic mass is 79.9. The van der Waals surface area contributed by atoms with Gasteiger partial charge in [0, 0.05) is 4.47 Å². The zero-order valence-corrected chi connectivity index (χ0v) is 12.7. The Labute approximate surface area is 130 Å². The fourth-order valence-electron chi connectivity index (χ4n) is 1.64. The van der Waals surface area contributed by atoms with Crippen LogP contribution in [0.1, 0.15) is 10.4 Å². The van der Waals surface area contributed by atoms with Crippen molar-refractivity contribution in [2.45, 2.75) is 0 Å². The number of anilines is 1. The second kappa shape index (κ2) is 6.90. The number of hydrogen-bond donors (Lipinski definition) is 1. The first-order valence-corrected chi connectivity index (χ1v) is 6.81. The van der Waals surface area contributed by atoms with Crippen molar-refractivity contribution in [3.63, 3.8) is 0 Å². The van der Waals surface area contributed by atoms with Crippen molar-refractivity contribution in [2.75, 3.05) is 12.4 Å². The summed E-state index contributed by atoms with van der Waals surface area (Å²) in [5, 5.41) is 2.52. The smallest absolute Gasteiger partial charge is 0.417 e. The van der Waals surface area contributed by atoms with Gasteiger partial charge >= 0.3 is 12.1 Å². The van der Waals surface area contributed by atoms with Gasteiger partial charge in [-0.15, -0.1) is 0 Å². The molecule has 5 nitrogen and oxygen atoms in total. The molecule has 2 aromatic rings. The molecule has 0 unspecified atom stereocenters. The lowest BCUT2D eigenvalue weighted by Gasteiger charge is -2.10. The van der Waals surface area contributed by atoms with E-state index in [1.807, 2.05) is 6.07 Å². The molecule has 21 heavy (non-hydrogen) atoms. The van der Waals surface area contributed by atoms with Crippen molar-refractivity contribution >= 4 is 33.7 Å². The quantitative estimate of drug-likeness (QED) is 0.854. The first-order chi connectivity index (χ1) is 10.1. The highest BCUT2D eigenvalue weighted by Crippen LogP contribution is 2.22. The Hall–Kier alpha value is -2.34. The third-order valence-electron chi connectivity index (χ3n) is 2.58. The van der Waals surface area contributed by atoms with Gasteiger partial charge in [0.2, 0.25) is 0 Å². The van der Waals surface area contributed by atoms with Gasteiger partial charge in [-0.3, -0.25) is 5.32 Å². The molecule has 0 aromatic heterocycles. The van der Waals surface area contributed by atoms with Gasteiger partial charge in [0.25, 0.3) is 0 Å². The van der Waals surface area contributed by atoms with E-state index < -0.39 is 12.1 Å². The van der Waals surface area contributed by atoms with E-state index in [0.717, 1.165) is 0 Å². The molecule has 0 saturated heterocycles. The number of benzene rings is 2. The average Bonchev–Trinajstić information content (AvgIpc) is 2.47. The topological polar surface area (TPSA) is 64.6 Å². The Morgan fingerprint density at radius 2 is 1.81 bits per heavy atom. The van der Waals surface area contributed by atoms with Crippen LogP contribution in [0.15, 0.2) is 53.0 Å². The van der Waals surface area contributed by atoms with Crippen LogP contribution in [0.4, 0.5) is 10.5 Å². The van der Waals surface area contributed by atoms with Crippen LogP contribution in [-0.4, -0.2) is 19.2 Å². The van der Waals surface area contributed by atoms with E-state index in [1.165, 1.54) is 7.11 Å². The Kier molecular flexibility index (Phi) is 4.94. The summed E-state index contributed by atoms with van der Waals surface area (Å²) in [4.78, 5) is 23.5. The number of esters is 1. The number of ether oxygens (including phenoxy) is 2. The zero-order valence-electron chi connectivity index (χ0n) is 11.1. The van der Waals surface area contributed by atoms with Gasteiger partial charge in [-0.2, -0.15) is 0 Å². The number of halogens is 1. The molecule has 2 rings (SSSR count). The summed E-state index contributed by atoms with van der Waals surface area (Å²) in [6.07, 6.45) is -0.690. The van der Waals surface area contributed by atoms with Crippen molar-refractivity contribution in [3.05, 3.63) is 58.6 Å². The number of carbonyl (C=O) groups excluding carboxylic acids is 2. The van der Waals surface area contributed by atoms with Crippen LogP contribution in [0.25, 0.3) is 0 Å². The molecule has 1 N–H and O–H groups in total. The summed E-state index contributed by atoms with van der Waals surface area (Å²) in [6, 6.07) is 13.5. The van der Waals surface area contributed by atoms with Crippen molar-refractivity contribution in [1.82, 2.24) is 0 Å². The van der Waals surface area contributed by atoms with Crippen LogP contribution >= 0.6 is 15.9 Å². The van der Waals surface area contributed by atoms with Gasteiger partial charge in [-0.25, -0.2) is 9.59 Å². The molecular weight excluding hydrogens is 338 g/mol. The lowest BCUT2D eigenvalue weighted by Crippen LogP contribution is -2.19. The molecular formula is C15H12BrNO4. The first kappa shape index (κ1) is 15.1. The number of amides is 1. The maximum Gasteiger partial charge on any atom is 0.417 e. The molecule has 1 amide bonds. The van der Waals surface area contributed by atoms with Gasteiger partial charge < -0.3 is 9.47 Å². The predicted molar refractivity (Wildman–Crippen MR) is 81.6 cm³/mol. The van der Waals surface area contributed by atoms with Gasteiger partial charge in [-0.1, -0.05) is 34.1 Å². The highest BCUT2D eigenvalue weighted by molar-refractivity contribution is 9.10. The molecule has 108 valence electrons. The van der Waals surface area contributed by atoms with E-state index in [2.05, 4.69) is 26.0 Å². The lowest BCUT2D eigenvalue weighted by atomic mass is 10.2. The summed E-state index contributed by atoms with van der Waals surface area (Å²) < 4.78 is 10.5. The molecule has 0 saturated carbocycles. The number of nitrogens with one attached hydrogen (secondary N) is 1. The van der Waals surface area contributed by atoms with Crippen molar-refractivity contribution in [2.24, 2.45) is 0 Å². The van der Waals surface area contributed by atoms with Crippen LogP contribution in [0.3, 0.4) is 0 Å². The van der Waals surface area contributed by atoms with Crippen molar-refractivity contribution < 1.29 is 19.1 Å². The van der Waals surface area contributed by atoms with Crippen LogP contribution in [0.5, 0.6) is 5.75 Å². The normalized spacial score (nSPS) is 9.81. The van der Waals surface area contributed by atoms with Crippen molar-refractivity contribution in [1.29, 1.82) is 0 Å². The Morgan fingerprint density at radius 1 is 1.10 bits per heavy atom. The molecule has 0 heterocycles. The van der Waals surface area contributed by atoms with E-state index in [1.54, 1.807) is 42.5 Å². The van der Waals surface area contributed by atoms with Crippen LogP contribution in [0, 0.1) is 0 Å². The molecule has 0 aliphatic heterocycles. The van der Waals surface area contributed by atoms with E-state index in [9.17, 15) is 9.59 Å². The summed E-state index contributed by atoms with van der Waals surface area (Å²) >= 11 is 3.28. The highest BCUT2D eigenvalue weighted by Gasteiger charge is 2.15. The summed E-state index contributed by atoms with van der Waals surface area (Å²) in [6.45, 7) is 0. The molecule has 6 heteroatoms. The molecule has 0 atom stereocenters. The monoisotopic (exact) mass is 349 g/mol. The van der Waals surface area contributed by atoms with E-state index in [-0.39, 0.29) is 5.56 Å². The number of rotatable bonds is 3. The van der Waals surface area contributed by atoms with Crippen LogP contribution in [0.2, 0.25) is 0 Å². The van der Waals surface area contributed by atoms with E-state index in [4.69, 9.17) is 4.74 Å². The molecule has 0 radical (unpaired) electrons. The average molecular weight is 350 g/mol. The predicted octanol–water partition coefficient (Wildman–Crippen LogP) is 3.85. The third kappa shape index (κ3) is 4.06. The maximum atomic E-state index is 11.9. The maximum absolute atomic E-state index is 11.9. The Balaban J connectivity index is 2.16. The Bertz CT molecular complexity index is 658. The summed E-state index contributed by atoms with van der Waals surface area (Å²) in [7, 11) is 1.27. The molecule has 0 spiro atoms.